The monoisotopic (exact) mass is 494 g/mol. The van der Waals surface area contributed by atoms with E-state index in [4.69, 9.17) is 5.73 Å². The lowest BCUT2D eigenvalue weighted by molar-refractivity contribution is 0.238. The maximum absolute atomic E-state index is 10.2. The Morgan fingerprint density at radius 2 is 1.21 bits per heavy atom. The van der Waals surface area contributed by atoms with Crippen molar-refractivity contribution in [2.75, 3.05) is 0 Å². The molecule has 0 aliphatic heterocycles. The summed E-state index contributed by atoms with van der Waals surface area (Å²) in [4.78, 5) is 0. The van der Waals surface area contributed by atoms with Crippen LogP contribution in [-0.2, 0) is 10.8 Å². The van der Waals surface area contributed by atoms with Gasteiger partial charge in [-0.05, 0) is 42.3 Å². The summed E-state index contributed by atoms with van der Waals surface area (Å²) in [5.41, 5.74) is 4.46. The third-order valence-corrected chi connectivity index (χ3v) is 7.27. The van der Waals surface area contributed by atoms with Gasteiger partial charge in [-0.2, -0.15) is 15.8 Å². The second kappa shape index (κ2) is 6.78. The lowest BCUT2D eigenvalue weighted by Gasteiger charge is -2.47. The highest BCUT2D eigenvalue weighted by Crippen LogP contribution is 2.65. The Hall–Kier alpha value is -2.59. The highest BCUT2D eigenvalue weighted by molar-refractivity contribution is 9.10. The Bertz CT molecular complexity index is 1080. The van der Waals surface area contributed by atoms with E-state index in [1.54, 1.807) is 0 Å². The molecule has 0 bridgehead atoms. The third-order valence-electron chi connectivity index (χ3n) is 6.21. The molecule has 0 fully saturated rings. The molecule has 0 amide bonds. The summed E-state index contributed by atoms with van der Waals surface area (Å²) in [5.74, 6) is 0. The fourth-order valence-electron chi connectivity index (χ4n) is 4.40. The molecule has 138 valence electrons. The summed E-state index contributed by atoms with van der Waals surface area (Å²) >= 11 is 6.87. The van der Waals surface area contributed by atoms with Crippen molar-refractivity contribution in [2.24, 2.45) is 11.1 Å². The predicted octanol–water partition coefficient (Wildman–Crippen LogP) is 5.21. The summed E-state index contributed by atoms with van der Waals surface area (Å²) in [6, 6.07) is 21.6. The largest absolute Gasteiger partial charge is 0.399 e. The Morgan fingerprint density at radius 3 is 1.61 bits per heavy atom. The smallest absolute Gasteiger partial charge is 0.194 e. The van der Waals surface area contributed by atoms with Crippen molar-refractivity contribution >= 4 is 31.9 Å². The van der Waals surface area contributed by atoms with Crippen LogP contribution in [0.2, 0.25) is 0 Å². The first kappa shape index (κ1) is 20.2. The molecule has 0 heterocycles. The van der Waals surface area contributed by atoms with E-state index in [1.807, 2.05) is 62.4 Å². The normalized spacial score (nSPS) is 25.6. The molecule has 4 nitrogen and oxygen atoms in total. The minimum absolute atomic E-state index is 0.0239. The van der Waals surface area contributed by atoms with Gasteiger partial charge in [0.1, 0.15) is 0 Å². The second-order valence-electron chi connectivity index (χ2n) is 7.14. The van der Waals surface area contributed by atoms with Gasteiger partial charge in [-0.25, -0.2) is 0 Å². The first-order valence-corrected chi connectivity index (χ1v) is 10.1. The number of benzene rings is 2. The molecule has 3 rings (SSSR count). The van der Waals surface area contributed by atoms with Crippen LogP contribution in [0.4, 0.5) is 0 Å². The van der Waals surface area contributed by atoms with E-state index in [-0.39, 0.29) is 11.3 Å². The van der Waals surface area contributed by atoms with Gasteiger partial charge in [0.2, 0.25) is 0 Å². The fraction of sp³-hybridized carbons (Fsp3) is 0.227. The summed E-state index contributed by atoms with van der Waals surface area (Å²) in [7, 11) is 0. The standard InChI is InChI=1S/C22H16Br2N4/c1-20(14-3-7-16(23)8-4-14)18(11-25)19(28)22(12-26,13-27)21(20,2)15-5-9-17(24)10-6-15/h3-10H,28H2,1-2H3/t20-,21+/m1/s1. The minimum atomic E-state index is -1.69. The minimum Gasteiger partial charge on any atom is -0.399 e. The first-order valence-electron chi connectivity index (χ1n) is 8.48. The lowest BCUT2D eigenvalue weighted by atomic mass is 9.51. The molecule has 0 saturated heterocycles. The summed E-state index contributed by atoms with van der Waals surface area (Å²) in [6.07, 6.45) is 0. The maximum atomic E-state index is 10.2. The number of nitriles is 3. The van der Waals surface area contributed by atoms with E-state index in [1.165, 1.54) is 0 Å². The Morgan fingerprint density at radius 1 is 0.786 bits per heavy atom. The van der Waals surface area contributed by atoms with Crippen LogP contribution in [0, 0.1) is 39.4 Å². The molecule has 28 heavy (non-hydrogen) atoms. The summed E-state index contributed by atoms with van der Waals surface area (Å²) in [6.45, 7) is 3.74. The van der Waals surface area contributed by atoms with Crippen molar-refractivity contribution in [3.8, 4) is 18.2 Å². The molecule has 0 unspecified atom stereocenters. The van der Waals surface area contributed by atoms with Crippen molar-refractivity contribution in [1.82, 2.24) is 0 Å². The van der Waals surface area contributed by atoms with Gasteiger partial charge in [0.15, 0.2) is 5.41 Å². The van der Waals surface area contributed by atoms with Gasteiger partial charge in [-0.3, -0.25) is 0 Å². The van der Waals surface area contributed by atoms with E-state index in [0.29, 0.717) is 0 Å². The molecule has 6 heteroatoms. The van der Waals surface area contributed by atoms with Crippen molar-refractivity contribution < 1.29 is 0 Å². The van der Waals surface area contributed by atoms with Gasteiger partial charge >= 0.3 is 0 Å². The van der Waals surface area contributed by atoms with Crippen LogP contribution >= 0.6 is 31.9 Å². The molecule has 1 aliphatic carbocycles. The zero-order valence-electron chi connectivity index (χ0n) is 15.3. The molecule has 0 aromatic heterocycles. The van der Waals surface area contributed by atoms with E-state index in [2.05, 4.69) is 50.1 Å². The molecule has 2 N–H and O–H groups in total. The first-order chi connectivity index (χ1) is 13.2. The zero-order valence-corrected chi connectivity index (χ0v) is 18.5. The summed E-state index contributed by atoms with van der Waals surface area (Å²) in [5, 5.41) is 30.3. The van der Waals surface area contributed by atoms with Gasteiger partial charge in [-0.15, -0.1) is 0 Å². The number of halogens is 2. The average molecular weight is 496 g/mol. The molecule has 2 aromatic rings. The van der Waals surface area contributed by atoms with Crippen LogP contribution in [0.5, 0.6) is 0 Å². The van der Waals surface area contributed by atoms with E-state index >= 15 is 0 Å². The second-order valence-corrected chi connectivity index (χ2v) is 8.97. The van der Waals surface area contributed by atoms with Gasteiger partial charge in [0.25, 0.3) is 0 Å². The lowest BCUT2D eigenvalue weighted by Crippen LogP contribution is -2.52. The van der Waals surface area contributed by atoms with Gasteiger partial charge in [0, 0.05) is 19.8 Å². The van der Waals surface area contributed by atoms with Crippen LogP contribution in [-0.4, -0.2) is 0 Å². The fourth-order valence-corrected chi connectivity index (χ4v) is 4.93. The van der Waals surface area contributed by atoms with E-state index in [0.717, 1.165) is 20.1 Å². The van der Waals surface area contributed by atoms with Crippen molar-refractivity contribution in [3.63, 3.8) is 0 Å². The summed E-state index contributed by atoms with van der Waals surface area (Å²) < 4.78 is 1.77. The number of hydrogen-bond acceptors (Lipinski definition) is 4. The number of nitrogens with zero attached hydrogens (tertiary/aromatic N) is 3. The van der Waals surface area contributed by atoms with Crippen LogP contribution in [0.15, 0.2) is 68.7 Å². The zero-order chi connectivity index (χ0) is 20.7. The third kappa shape index (κ3) is 2.31. The Kier molecular flexibility index (Phi) is 4.88. The van der Waals surface area contributed by atoms with Gasteiger partial charge in [-0.1, -0.05) is 63.0 Å². The topological polar surface area (TPSA) is 97.4 Å². The predicted molar refractivity (Wildman–Crippen MR) is 113 cm³/mol. The van der Waals surface area contributed by atoms with Gasteiger partial charge in [0.05, 0.1) is 29.5 Å². The molecule has 1 aliphatic rings. The number of nitrogens with two attached hydrogens (primary N) is 1. The number of allylic oxidation sites excluding steroid dienone is 2. The van der Waals surface area contributed by atoms with Crippen molar-refractivity contribution in [1.29, 1.82) is 15.8 Å². The van der Waals surface area contributed by atoms with Crippen molar-refractivity contribution in [3.05, 3.63) is 79.9 Å². The SMILES string of the molecule is C[C@@]1(c2ccc(Br)cc2)C(C#N)=C(N)C(C#N)(C#N)[C@@]1(C)c1ccc(Br)cc1. The Labute approximate surface area is 181 Å². The maximum Gasteiger partial charge on any atom is 0.194 e. The quantitative estimate of drug-likeness (QED) is 0.618. The molecule has 0 saturated carbocycles. The Balaban J connectivity index is 2.49. The molecular formula is C22H16Br2N4. The van der Waals surface area contributed by atoms with Crippen molar-refractivity contribution in [2.45, 2.75) is 24.7 Å². The van der Waals surface area contributed by atoms with Crippen LogP contribution in [0.25, 0.3) is 0 Å². The van der Waals surface area contributed by atoms with Crippen LogP contribution < -0.4 is 5.73 Å². The molecule has 0 radical (unpaired) electrons. The molecule has 2 aromatic carbocycles. The van der Waals surface area contributed by atoms with E-state index < -0.39 is 16.2 Å². The molecular weight excluding hydrogens is 480 g/mol. The number of rotatable bonds is 2. The average Bonchev–Trinajstić information content (AvgIpc) is 2.84. The molecule has 0 spiro atoms. The molecule has 2 atom stereocenters. The van der Waals surface area contributed by atoms with Crippen LogP contribution in [0.1, 0.15) is 25.0 Å². The van der Waals surface area contributed by atoms with Gasteiger partial charge < -0.3 is 5.73 Å². The highest BCUT2D eigenvalue weighted by atomic mass is 79.9. The van der Waals surface area contributed by atoms with E-state index in [9.17, 15) is 15.8 Å². The number of hydrogen-bond donors (Lipinski definition) is 1. The highest BCUT2D eigenvalue weighted by Gasteiger charge is 2.69. The van der Waals surface area contributed by atoms with Crippen LogP contribution in [0.3, 0.4) is 0 Å².